The van der Waals surface area contributed by atoms with E-state index in [1.54, 1.807) is 9.80 Å². The molecule has 1 aliphatic rings. The van der Waals surface area contributed by atoms with Gasteiger partial charge in [-0.3, -0.25) is 4.79 Å². The van der Waals surface area contributed by atoms with Crippen LogP contribution in [0.25, 0.3) is 0 Å². The molecule has 21 heavy (non-hydrogen) atoms. The van der Waals surface area contributed by atoms with Crippen LogP contribution in [0, 0.1) is 0 Å². The van der Waals surface area contributed by atoms with E-state index in [1.807, 2.05) is 44.5 Å². The van der Waals surface area contributed by atoms with Gasteiger partial charge in [-0.25, -0.2) is 4.79 Å². The van der Waals surface area contributed by atoms with E-state index in [4.69, 9.17) is 4.74 Å². The molecular weight excluding hydrogens is 288 g/mol. The Balaban J connectivity index is 1.96. The van der Waals surface area contributed by atoms with Crippen LogP contribution in [0.4, 0.5) is 4.79 Å². The highest BCUT2D eigenvalue weighted by Crippen LogP contribution is 2.18. The first-order valence-corrected chi connectivity index (χ1v) is 8.03. The van der Waals surface area contributed by atoms with Gasteiger partial charge in [0.25, 0.3) is 5.91 Å². The summed E-state index contributed by atoms with van der Waals surface area (Å²) < 4.78 is 5.40. The molecule has 2 heterocycles. The fourth-order valence-corrected chi connectivity index (χ4v) is 2.93. The topological polar surface area (TPSA) is 49.9 Å². The van der Waals surface area contributed by atoms with Crippen LogP contribution in [-0.4, -0.2) is 53.1 Å². The predicted octanol–water partition coefficient (Wildman–Crippen LogP) is 2.83. The average Bonchev–Trinajstić information content (AvgIpc) is 2.89. The summed E-state index contributed by atoms with van der Waals surface area (Å²) in [5.74, 6) is 0.0342. The Labute approximate surface area is 129 Å². The van der Waals surface area contributed by atoms with Crippen LogP contribution in [0.3, 0.4) is 0 Å². The SMILES string of the molecule is CC1CN(C(=O)c2ccsc2)CCN1C(=O)OC(C)(C)C. The first kappa shape index (κ1) is 15.8. The summed E-state index contributed by atoms with van der Waals surface area (Å²) in [6, 6.07) is 1.79. The molecule has 0 radical (unpaired) electrons. The van der Waals surface area contributed by atoms with Crippen molar-refractivity contribution in [1.82, 2.24) is 9.80 Å². The normalized spacial score (nSPS) is 19.5. The molecule has 2 rings (SSSR count). The Hall–Kier alpha value is -1.56. The molecule has 2 amide bonds. The van der Waals surface area contributed by atoms with Gasteiger partial charge in [0.05, 0.1) is 5.56 Å². The molecule has 0 aliphatic carbocycles. The second-order valence-corrected chi connectivity index (χ2v) is 7.07. The van der Waals surface area contributed by atoms with Crippen molar-refractivity contribution in [2.45, 2.75) is 39.3 Å². The molecule has 0 N–H and O–H groups in total. The Morgan fingerprint density at radius 1 is 1.33 bits per heavy atom. The molecule has 116 valence electrons. The van der Waals surface area contributed by atoms with Gasteiger partial charge in [0, 0.05) is 31.1 Å². The molecular formula is C15H22N2O3S. The molecule has 1 aliphatic heterocycles. The van der Waals surface area contributed by atoms with Crippen LogP contribution in [-0.2, 0) is 4.74 Å². The van der Waals surface area contributed by atoms with Gasteiger partial charge in [0.1, 0.15) is 5.60 Å². The van der Waals surface area contributed by atoms with E-state index in [0.717, 1.165) is 5.56 Å². The lowest BCUT2D eigenvalue weighted by Crippen LogP contribution is -2.56. The van der Waals surface area contributed by atoms with Gasteiger partial charge < -0.3 is 14.5 Å². The highest BCUT2D eigenvalue weighted by atomic mass is 32.1. The summed E-state index contributed by atoms with van der Waals surface area (Å²) in [5.41, 5.74) is 0.221. The number of ether oxygens (including phenoxy) is 1. The molecule has 0 bridgehead atoms. The minimum Gasteiger partial charge on any atom is -0.444 e. The molecule has 1 aromatic heterocycles. The number of carbonyl (C=O) groups is 2. The summed E-state index contributed by atoms with van der Waals surface area (Å²) in [5, 5.41) is 3.75. The summed E-state index contributed by atoms with van der Waals surface area (Å²) >= 11 is 1.51. The van der Waals surface area contributed by atoms with Crippen molar-refractivity contribution in [3.63, 3.8) is 0 Å². The van der Waals surface area contributed by atoms with Crippen molar-refractivity contribution < 1.29 is 14.3 Å². The molecule has 0 spiro atoms. The van der Waals surface area contributed by atoms with E-state index in [9.17, 15) is 9.59 Å². The zero-order valence-electron chi connectivity index (χ0n) is 13.0. The maximum absolute atomic E-state index is 12.3. The first-order valence-electron chi connectivity index (χ1n) is 7.09. The maximum Gasteiger partial charge on any atom is 0.410 e. The number of hydrogen-bond acceptors (Lipinski definition) is 4. The minimum atomic E-state index is -0.500. The number of piperazine rings is 1. The van der Waals surface area contributed by atoms with Crippen molar-refractivity contribution in [2.24, 2.45) is 0 Å². The van der Waals surface area contributed by atoms with Crippen LogP contribution in [0.2, 0.25) is 0 Å². The number of nitrogens with zero attached hydrogens (tertiary/aromatic N) is 2. The van der Waals surface area contributed by atoms with E-state index in [1.165, 1.54) is 11.3 Å². The smallest absolute Gasteiger partial charge is 0.410 e. The molecule has 1 saturated heterocycles. The number of rotatable bonds is 1. The molecule has 0 aromatic carbocycles. The van der Waals surface area contributed by atoms with Gasteiger partial charge in [-0.05, 0) is 39.1 Å². The highest BCUT2D eigenvalue weighted by Gasteiger charge is 2.32. The Morgan fingerprint density at radius 2 is 2.05 bits per heavy atom. The lowest BCUT2D eigenvalue weighted by atomic mass is 10.1. The Bertz CT molecular complexity index is 507. The zero-order chi connectivity index (χ0) is 15.6. The van der Waals surface area contributed by atoms with Crippen molar-refractivity contribution >= 4 is 23.3 Å². The van der Waals surface area contributed by atoms with Gasteiger partial charge in [0.15, 0.2) is 0 Å². The van der Waals surface area contributed by atoms with Gasteiger partial charge in [-0.1, -0.05) is 0 Å². The number of thiophene rings is 1. The van der Waals surface area contributed by atoms with Crippen molar-refractivity contribution in [3.8, 4) is 0 Å². The molecule has 6 heteroatoms. The van der Waals surface area contributed by atoms with E-state index in [0.29, 0.717) is 19.6 Å². The molecule has 1 atom stereocenters. The lowest BCUT2D eigenvalue weighted by molar-refractivity contribution is 0.00199. The van der Waals surface area contributed by atoms with Crippen LogP contribution >= 0.6 is 11.3 Å². The van der Waals surface area contributed by atoms with Crippen molar-refractivity contribution in [3.05, 3.63) is 22.4 Å². The standard InChI is InChI=1S/C15H22N2O3S/c1-11-9-16(13(18)12-5-8-21-10-12)6-7-17(11)14(19)20-15(2,3)4/h5,8,10-11H,6-7,9H2,1-4H3. The van der Waals surface area contributed by atoms with Crippen LogP contribution < -0.4 is 0 Å². The summed E-state index contributed by atoms with van der Waals surface area (Å²) in [6.07, 6.45) is -0.308. The summed E-state index contributed by atoms with van der Waals surface area (Å²) in [4.78, 5) is 27.9. The molecule has 5 nitrogen and oxygen atoms in total. The van der Waals surface area contributed by atoms with Gasteiger partial charge in [-0.15, -0.1) is 0 Å². The zero-order valence-corrected chi connectivity index (χ0v) is 13.8. The quantitative estimate of drug-likeness (QED) is 0.801. The van der Waals surface area contributed by atoms with E-state index < -0.39 is 5.60 Å². The van der Waals surface area contributed by atoms with Gasteiger partial charge >= 0.3 is 6.09 Å². The second-order valence-electron chi connectivity index (χ2n) is 6.29. The Morgan fingerprint density at radius 3 is 2.57 bits per heavy atom. The number of hydrogen-bond donors (Lipinski definition) is 0. The summed E-state index contributed by atoms with van der Waals surface area (Å²) in [6.45, 7) is 9.08. The minimum absolute atomic E-state index is 0.0342. The highest BCUT2D eigenvalue weighted by molar-refractivity contribution is 7.08. The Kier molecular flexibility index (Phi) is 4.56. The average molecular weight is 310 g/mol. The third kappa shape index (κ3) is 3.97. The predicted molar refractivity (Wildman–Crippen MR) is 82.6 cm³/mol. The van der Waals surface area contributed by atoms with Crippen LogP contribution in [0.1, 0.15) is 38.1 Å². The number of carbonyl (C=O) groups excluding carboxylic acids is 2. The largest absolute Gasteiger partial charge is 0.444 e. The second kappa shape index (κ2) is 6.05. The molecule has 1 fully saturated rings. The molecule has 1 aromatic rings. The third-order valence-corrected chi connectivity index (χ3v) is 3.99. The fraction of sp³-hybridized carbons (Fsp3) is 0.600. The van der Waals surface area contributed by atoms with Gasteiger partial charge in [0.2, 0.25) is 0 Å². The van der Waals surface area contributed by atoms with E-state index in [-0.39, 0.29) is 18.0 Å². The first-order chi connectivity index (χ1) is 9.78. The van der Waals surface area contributed by atoms with Crippen LogP contribution in [0.15, 0.2) is 16.8 Å². The summed E-state index contributed by atoms with van der Waals surface area (Å²) in [7, 11) is 0. The fourth-order valence-electron chi connectivity index (χ4n) is 2.30. The van der Waals surface area contributed by atoms with Crippen LogP contribution in [0.5, 0.6) is 0 Å². The van der Waals surface area contributed by atoms with Crippen molar-refractivity contribution in [2.75, 3.05) is 19.6 Å². The monoisotopic (exact) mass is 310 g/mol. The van der Waals surface area contributed by atoms with E-state index >= 15 is 0 Å². The third-order valence-electron chi connectivity index (χ3n) is 3.31. The molecule has 0 saturated carbocycles. The van der Waals surface area contributed by atoms with Crippen molar-refractivity contribution in [1.29, 1.82) is 0 Å². The van der Waals surface area contributed by atoms with Gasteiger partial charge in [-0.2, -0.15) is 11.3 Å². The number of amides is 2. The maximum atomic E-state index is 12.3. The lowest BCUT2D eigenvalue weighted by Gasteiger charge is -2.40. The van der Waals surface area contributed by atoms with E-state index in [2.05, 4.69) is 0 Å². The molecule has 1 unspecified atom stereocenters.